The van der Waals surface area contributed by atoms with Crippen LogP contribution in [0.2, 0.25) is 0 Å². The van der Waals surface area contributed by atoms with E-state index in [4.69, 9.17) is 0 Å². The van der Waals surface area contributed by atoms with Crippen LogP contribution in [0, 0.1) is 0 Å². The Labute approximate surface area is 302 Å². The van der Waals surface area contributed by atoms with Gasteiger partial charge in [-0.15, -0.1) is 0 Å². The van der Waals surface area contributed by atoms with Crippen molar-refractivity contribution in [3.05, 3.63) is 91.8 Å². The van der Waals surface area contributed by atoms with Crippen LogP contribution in [0.1, 0.15) is 41.5 Å². The monoisotopic (exact) mass is 906 g/mol. The van der Waals surface area contributed by atoms with Gasteiger partial charge in [0.25, 0.3) is 0 Å². The quantitative estimate of drug-likeness (QED) is 0.126. The summed E-state index contributed by atoms with van der Waals surface area (Å²) in [6.45, 7) is 19.2. The molecule has 0 atom stereocenters. The minimum atomic E-state index is 0. The van der Waals surface area contributed by atoms with Crippen molar-refractivity contribution >= 4 is 33.1 Å². The first-order valence-corrected chi connectivity index (χ1v) is 14.5. The Bertz CT molecular complexity index is 1340. The van der Waals surface area contributed by atoms with Gasteiger partial charge in [-0.05, 0) is 77.9 Å². The largest absolute Gasteiger partial charge is 1.00 e. The molecule has 0 unspecified atom stereocenters. The molecule has 42 heavy (non-hydrogen) atoms. The van der Waals surface area contributed by atoms with Crippen LogP contribution in [-0.4, -0.2) is 13.7 Å². The molecule has 0 radical (unpaired) electrons. The number of hydrogen-bond acceptors (Lipinski definition) is 0. The van der Waals surface area contributed by atoms with Gasteiger partial charge in [-0.2, -0.15) is 0 Å². The average molecular weight is 906 g/mol. The van der Waals surface area contributed by atoms with Crippen LogP contribution in [0.5, 0.6) is 0 Å². The third-order valence-electron chi connectivity index (χ3n) is 7.38. The molecule has 3 aromatic heterocycles. The van der Waals surface area contributed by atoms with Crippen LogP contribution in [0.15, 0.2) is 91.8 Å². The Morgan fingerprint density at radius 1 is 0.405 bits per heavy atom. The van der Waals surface area contributed by atoms with Crippen molar-refractivity contribution in [3.63, 3.8) is 0 Å². The van der Waals surface area contributed by atoms with Crippen molar-refractivity contribution in [2.75, 3.05) is 0 Å². The minimum absolute atomic E-state index is 0. The number of aromatic nitrogens is 6. The fourth-order valence-electron chi connectivity index (χ4n) is 5.24. The standard InChI is InChI=1S/3C11H15N2.3HI/c3*1-3-12-9-13(4-2)11-8-6-5-7-10(11)12;;;/h3*5-9H,3-4H2,1-2H3;3*1H/q3*+1;;;/p-3. The lowest BCUT2D eigenvalue weighted by molar-refractivity contribution is -0.668. The summed E-state index contributed by atoms with van der Waals surface area (Å²) in [6.07, 6.45) is 6.56. The van der Waals surface area contributed by atoms with Crippen molar-refractivity contribution in [3.8, 4) is 0 Å². The van der Waals surface area contributed by atoms with Crippen LogP contribution < -0.4 is 85.6 Å². The molecular weight excluding hydrogens is 861 g/mol. The zero-order valence-electron chi connectivity index (χ0n) is 25.7. The molecule has 6 rings (SSSR count). The van der Waals surface area contributed by atoms with Gasteiger partial charge < -0.3 is 71.9 Å². The molecular formula is C33H45I3N6. The Morgan fingerprint density at radius 2 is 0.643 bits per heavy atom. The van der Waals surface area contributed by atoms with Crippen LogP contribution in [0.25, 0.3) is 33.1 Å². The van der Waals surface area contributed by atoms with Gasteiger partial charge in [0.15, 0.2) is 33.1 Å². The van der Waals surface area contributed by atoms with Crippen LogP contribution >= 0.6 is 0 Å². The first-order valence-electron chi connectivity index (χ1n) is 14.5. The third-order valence-corrected chi connectivity index (χ3v) is 7.38. The molecule has 0 bridgehead atoms. The summed E-state index contributed by atoms with van der Waals surface area (Å²) in [6, 6.07) is 25.6. The first kappa shape index (κ1) is 38.3. The van der Waals surface area contributed by atoms with E-state index in [9.17, 15) is 0 Å². The van der Waals surface area contributed by atoms with Crippen molar-refractivity contribution < 1.29 is 85.6 Å². The van der Waals surface area contributed by atoms with Gasteiger partial charge in [-0.1, -0.05) is 36.4 Å². The topological polar surface area (TPSA) is 26.4 Å². The molecule has 9 heteroatoms. The van der Waals surface area contributed by atoms with E-state index in [1.165, 1.54) is 33.1 Å². The zero-order valence-corrected chi connectivity index (χ0v) is 32.2. The van der Waals surface area contributed by atoms with Crippen molar-refractivity contribution in [1.82, 2.24) is 13.7 Å². The summed E-state index contributed by atoms with van der Waals surface area (Å²) in [5, 5.41) is 0. The molecule has 228 valence electrons. The number of benzene rings is 3. The predicted octanol–water partition coefficient (Wildman–Crippen LogP) is -3.08. The normalized spacial score (nSPS) is 10.1. The van der Waals surface area contributed by atoms with Gasteiger partial charge in [0.1, 0.15) is 0 Å². The summed E-state index contributed by atoms with van der Waals surface area (Å²) >= 11 is 0. The maximum atomic E-state index is 2.28. The summed E-state index contributed by atoms with van der Waals surface area (Å²) in [5.41, 5.74) is 7.95. The predicted molar refractivity (Wildman–Crippen MR) is 160 cm³/mol. The Hall–Kier alpha value is -1.74. The molecule has 0 saturated carbocycles. The molecule has 0 aliphatic carbocycles. The molecule has 0 aliphatic rings. The van der Waals surface area contributed by atoms with Crippen molar-refractivity contribution in [2.45, 2.75) is 80.8 Å². The third kappa shape index (κ3) is 8.46. The lowest BCUT2D eigenvalue weighted by Gasteiger charge is -1.88. The smallest absolute Gasteiger partial charge is 0.244 e. The second-order valence-corrected chi connectivity index (χ2v) is 9.53. The number of hydrogen-bond donors (Lipinski definition) is 0. The van der Waals surface area contributed by atoms with Gasteiger partial charge in [0.2, 0.25) is 19.0 Å². The number of fused-ring (bicyclic) bond motifs is 3. The van der Waals surface area contributed by atoms with E-state index < -0.39 is 0 Å². The summed E-state index contributed by atoms with van der Waals surface area (Å²) in [7, 11) is 0. The Morgan fingerprint density at radius 3 is 0.857 bits per heavy atom. The van der Waals surface area contributed by atoms with Gasteiger partial charge in [0.05, 0.1) is 39.3 Å². The molecule has 0 spiro atoms. The van der Waals surface area contributed by atoms with Crippen molar-refractivity contribution in [1.29, 1.82) is 0 Å². The molecule has 6 aromatic rings. The van der Waals surface area contributed by atoms with E-state index in [1.807, 2.05) is 0 Å². The van der Waals surface area contributed by atoms with Crippen LogP contribution in [0.4, 0.5) is 0 Å². The van der Waals surface area contributed by atoms with E-state index in [0.717, 1.165) is 39.3 Å². The minimum Gasteiger partial charge on any atom is -1.00 e. The number of para-hydroxylation sites is 6. The van der Waals surface area contributed by atoms with Gasteiger partial charge in [-0.25, -0.2) is 27.4 Å². The molecule has 3 aromatic carbocycles. The Balaban J connectivity index is 0.000000304. The highest BCUT2D eigenvalue weighted by Crippen LogP contribution is 2.11. The van der Waals surface area contributed by atoms with E-state index in [0.29, 0.717) is 0 Å². The van der Waals surface area contributed by atoms with E-state index in [2.05, 4.69) is 161 Å². The molecule has 3 heterocycles. The summed E-state index contributed by atoms with van der Waals surface area (Å²) in [5.74, 6) is 0. The maximum Gasteiger partial charge on any atom is 0.244 e. The summed E-state index contributed by atoms with van der Waals surface area (Å²) < 4.78 is 13.7. The number of aryl methyl sites for hydroxylation is 6. The molecule has 6 nitrogen and oxygen atoms in total. The highest BCUT2D eigenvalue weighted by Gasteiger charge is 2.13. The Kier molecular flexibility index (Phi) is 17.2. The lowest BCUT2D eigenvalue weighted by Crippen LogP contribution is -3.00. The highest BCUT2D eigenvalue weighted by molar-refractivity contribution is 5.72. The maximum absolute atomic E-state index is 2.28. The average Bonchev–Trinajstić information content (AvgIpc) is 3.68. The zero-order chi connectivity index (χ0) is 27.8. The fourth-order valence-corrected chi connectivity index (χ4v) is 5.24. The van der Waals surface area contributed by atoms with E-state index >= 15 is 0 Å². The van der Waals surface area contributed by atoms with Crippen LogP contribution in [0.3, 0.4) is 0 Å². The van der Waals surface area contributed by atoms with Crippen molar-refractivity contribution in [2.24, 2.45) is 0 Å². The molecule has 0 amide bonds. The van der Waals surface area contributed by atoms with Crippen LogP contribution in [-0.2, 0) is 39.3 Å². The van der Waals surface area contributed by atoms with Gasteiger partial charge >= 0.3 is 0 Å². The van der Waals surface area contributed by atoms with E-state index in [1.54, 1.807) is 0 Å². The molecule has 0 fully saturated rings. The number of rotatable bonds is 6. The highest BCUT2D eigenvalue weighted by atomic mass is 127. The molecule has 0 aliphatic heterocycles. The molecule has 0 saturated heterocycles. The van der Waals surface area contributed by atoms with E-state index in [-0.39, 0.29) is 71.9 Å². The number of imidazole rings is 3. The fraction of sp³-hybridized carbons (Fsp3) is 0.364. The number of halogens is 3. The second kappa shape index (κ2) is 18.8. The van der Waals surface area contributed by atoms with Gasteiger partial charge in [0, 0.05) is 0 Å². The molecule has 0 N–H and O–H groups in total. The SMILES string of the molecule is CCn1c[n+](CC)c2ccccc21.CCn1c[n+](CC)c2ccccc21.CCn1c[n+](CC)c2ccccc21.[I-].[I-].[I-]. The summed E-state index contributed by atoms with van der Waals surface area (Å²) in [4.78, 5) is 0. The number of nitrogens with zero attached hydrogens (tertiary/aromatic N) is 6. The lowest BCUT2D eigenvalue weighted by atomic mass is 10.3. The first-order chi connectivity index (χ1) is 19.1. The second-order valence-electron chi connectivity index (χ2n) is 9.53. The van der Waals surface area contributed by atoms with Gasteiger partial charge in [-0.3, -0.25) is 0 Å².